The summed E-state index contributed by atoms with van der Waals surface area (Å²) < 4.78 is 48.6. The van der Waals surface area contributed by atoms with E-state index in [4.69, 9.17) is 15.2 Å². The van der Waals surface area contributed by atoms with E-state index in [1.165, 1.54) is 18.2 Å². The van der Waals surface area contributed by atoms with E-state index in [0.717, 1.165) is 0 Å². The number of esters is 1. The predicted octanol–water partition coefficient (Wildman–Crippen LogP) is 3.63. The van der Waals surface area contributed by atoms with Gasteiger partial charge in [-0.05, 0) is 58.2 Å². The number of hydrogen-bond acceptors (Lipinski definition) is 5. The van der Waals surface area contributed by atoms with E-state index in [-0.39, 0.29) is 24.3 Å². The van der Waals surface area contributed by atoms with E-state index in [9.17, 15) is 22.8 Å². The third-order valence-corrected chi connectivity index (χ3v) is 4.22. The van der Waals surface area contributed by atoms with Crippen LogP contribution in [0.25, 0.3) is 0 Å². The molecule has 9 heteroatoms. The molecule has 1 heterocycles. The number of halogens is 3. The highest BCUT2D eigenvalue weighted by atomic mass is 19.4. The molecule has 2 atom stereocenters. The molecule has 0 radical (unpaired) electrons. The summed E-state index contributed by atoms with van der Waals surface area (Å²) in [7, 11) is 0. The van der Waals surface area contributed by atoms with Crippen LogP contribution in [0.1, 0.15) is 52.5 Å². The van der Waals surface area contributed by atoms with Crippen LogP contribution >= 0.6 is 0 Å². The van der Waals surface area contributed by atoms with Gasteiger partial charge in [0.2, 0.25) is 0 Å². The van der Waals surface area contributed by atoms with Crippen LogP contribution in [0.15, 0.2) is 18.2 Å². The lowest BCUT2D eigenvalue weighted by molar-refractivity contribution is -0.164. The van der Waals surface area contributed by atoms with Crippen LogP contribution in [0.4, 0.5) is 18.9 Å². The first-order chi connectivity index (χ1) is 12.7. The van der Waals surface area contributed by atoms with Gasteiger partial charge in [-0.1, -0.05) is 6.07 Å². The number of fused-ring (bicyclic) bond motifs is 1. The van der Waals surface area contributed by atoms with Gasteiger partial charge in [0.1, 0.15) is 16.9 Å². The summed E-state index contributed by atoms with van der Waals surface area (Å²) in [6.07, 6.45) is -6.74. The molecule has 1 aromatic rings. The summed E-state index contributed by atoms with van der Waals surface area (Å²) in [4.78, 5) is 24.6. The molecular weight excluding hydrogens is 377 g/mol. The minimum absolute atomic E-state index is 0.237. The third kappa shape index (κ3) is 5.37. The highest BCUT2D eigenvalue weighted by Gasteiger charge is 2.41. The van der Waals surface area contributed by atoms with Crippen molar-refractivity contribution in [3.05, 3.63) is 23.8 Å². The first kappa shape index (κ1) is 22.0. The Hall–Kier alpha value is -2.29. The molecule has 1 amide bonds. The van der Waals surface area contributed by atoms with Crippen LogP contribution in [0.3, 0.4) is 0 Å². The number of amides is 1. The Kier molecular flexibility index (Phi) is 5.98. The summed E-state index contributed by atoms with van der Waals surface area (Å²) in [6, 6.07) is 4.47. The number of rotatable bonds is 5. The van der Waals surface area contributed by atoms with Crippen molar-refractivity contribution in [2.75, 3.05) is 5.32 Å². The molecule has 0 bridgehead atoms. The Morgan fingerprint density at radius 1 is 1.25 bits per heavy atom. The zero-order chi connectivity index (χ0) is 21.3. The second-order valence-corrected chi connectivity index (χ2v) is 7.90. The number of nitrogens with one attached hydrogen (secondary N) is 1. The maximum atomic E-state index is 12.8. The molecule has 1 aliphatic rings. The molecule has 1 aromatic carbocycles. The van der Waals surface area contributed by atoms with Gasteiger partial charge in [-0.2, -0.15) is 13.2 Å². The van der Waals surface area contributed by atoms with Gasteiger partial charge in [-0.3, -0.25) is 4.79 Å². The highest BCUT2D eigenvalue weighted by Crippen LogP contribution is 2.37. The van der Waals surface area contributed by atoms with Crippen LogP contribution in [0.2, 0.25) is 0 Å². The molecule has 0 spiro atoms. The SMILES string of the molecule is C[C@H]1Oc2ccc(C(N)(CCCC(F)(F)F)C(=O)OC(C)(C)C)cc2NC1=O. The monoisotopic (exact) mass is 402 g/mol. The fourth-order valence-electron chi connectivity index (χ4n) is 2.79. The number of anilines is 1. The summed E-state index contributed by atoms with van der Waals surface area (Å²) >= 11 is 0. The van der Waals surface area contributed by atoms with Gasteiger partial charge in [0, 0.05) is 6.42 Å². The number of nitrogens with two attached hydrogens (primary N) is 1. The van der Waals surface area contributed by atoms with Crippen molar-refractivity contribution < 1.29 is 32.2 Å². The third-order valence-electron chi connectivity index (χ3n) is 4.22. The first-order valence-electron chi connectivity index (χ1n) is 8.92. The number of carbonyl (C=O) groups excluding carboxylic acids is 2. The number of carbonyl (C=O) groups is 2. The Balaban J connectivity index is 2.36. The maximum absolute atomic E-state index is 12.8. The standard InChI is InChI=1S/C19H25F3N2O4/c1-11-15(25)24-13-10-12(6-7-14(13)27-11)18(23,8-5-9-19(20,21)22)16(26)28-17(2,3)4/h6-7,10-11H,5,8-9,23H2,1-4H3,(H,24,25)/t11-,18?/m1/s1. The Morgan fingerprint density at radius 3 is 2.46 bits per heavy atom. The van der Waals surface area contributed by atoms with E-state index in [1.807, 2.05) is 0 Å². The molecule has 0 aromatic heterocycles. The molecule has 2 rings (SSSR count). The van der Waals surface area contributed by atoms with Crippen molar-refractivity contribution >= 4 is 17.6 Å². The Labute approximate surface area is 161 Å². The van der Waals surface area contributed by atoms with E-state index in [1.54, 1.807) is 27.7 Å². The molecule has 1 unspecified atom stereocenters. The van der Waals surface area contributed by atoms with Crippen molar-refractivity contribution in [3.8, 4) is 5.75 Å². The summed E-state index contributed by atoms with van der Waals surface area (Å²) in [5, 5.41) is 2.64. The molecule has 0 saturated heterocycles. The highest BCUT2D eigenvalue weighted by molar-refractivity contribution is 5.97. The van der Waals surface area contributed by atoms with Gasteiger partial charge in [0.15, 0.2) is 6.10 Å². The Morgan fingerprint density at radius 2 is 1.89 bits per heavy atom. The van der Waals surface area contributed by atoms with E-state index in [0.29, 0.717) is 11.4 Å². The number of hydrogen-bond donors (Lipinski definition) is 2. The van der Waals surface area contributed by atoms with Gasteiger partial charge in [0.25, 0.3) is 5.91 Å². The van der Waals surface area contributed by atoms with Crippen LogP contribution in [0.5, 0.6) is 5.75 Å². The zero-order valence-corrected chi connectivity index (χ0v) is 16.3. The molecule has 0 saturated carbocycles. The van der Waals surface area contributed by atoms with Gasteiger partial charge >= 0.3 is 12.1 Å². The smallest absolute Gasteiger partial charge is 0.389 e. The minimum Gasteiger partial charge on any atom is -0.479 e. The average molecular weight is 402 g/mol. The average Bonchev–Trinajstić information content (AvgIpc) is 2.52. The van der Waals surface area contributed by atoms with Gasteiger partial charge < -0.3 is 20.5 Å². The fourth-order valence-corrected chi connectivity index (χ4v) is 2.79. The number of alkyl halides is 3. The van der Waals surface area contributed by atoms with Crippen molar-refractivity contribution in [2.45, 2.75) is 70.4 Å². The van der Waals surface area contributed by atoms with Gasteiger partial charge in [0.05, 0.1) is 5.69 Å². The number of benzene rings is 1. The maximum Gasteiger partial charge on any atom is 0.389 e. The van der Waals surface area contributed by atoms with Gasteiger partial charge in [-0.15, -0.1) is 0 Å². The molecule has 0 fully saturated rings. The lowest BCUT2D eigenvalue weighted by atomic mass is 9.85. The van der Waals surface area contributed by atoms with Gasteiger partial charge in [-0.25, -0.2) is 4.79 Å². The first-order valence-corrected chi connectivity index (χ1v) is 8.92. The molecule has 6 nitrogen and oxygen atoms in total. The lowest BCUT2D eigenvalue weighted by Crippen LogP contribution is -2.48. The van der Waals surface area contributed by atoms with Crippen LogP contribution in [0, 0.1) is 0 Å². The molecule has 1 aliphatic heterocycles. The summed E-state index contributed by atoms with van der Waals surface area (Å²) in [5.74, 6) is -0.821. The summed E-state index contributed by atoms with van der Waals surface area (Å²) in [6.45, 7) is 6.51. The van der Waals surface area contributed by atoms with Crippen molar-refractivity contribution in [1.82, 2.24) is 0 Å². The largest absolute Gasteiger partial charge is 0.479 e. The molecule has 28 heavy (non-hydrogen) atoms. The predicted molar refractivity (Wildman–Crippen MR) is 96.8 cm³/mol. The molecular formula is C19H25F3N2O4. The normalized spacial score (nSPS) is 19.1. The van der Waals surface area contributed by atoms with Crippen LogP contribution in [-0.2, 0) is 19.9 Å². The second-order valence-electron chi connectivity index (χ2n) is 7.90. The minimum atomic E-state index is -4.36. The Bertz CT molecular complexity index is 759. The van der Waals surface area contributed by atoms with Crippen molar-refractivity contribution in [3.63, 3.8) is 0 Å². The summed E-state index contributed by atoms with van der Waals surface area (Å²) in [5.41, 5.74) is 4.16. The topological polar surface area (TPSA) is 90.7 Å². The van der Waals surface area contributed by atoms with E-state index < -0.39 is 35.8 Å². The molecule has 3 N–H and O–H groups in total. The molecule has 156 valence electrons. The van der Waals surface area contributed by atoms with Crippen molar-refractivity contribution in [1.29, 1.82) is 0 Å². The van der Waals surface area contributed by atoms with Crippen LogP contribution < -0.4 is 15.8 Å². The lowest BCUT2D eigenvalue weighted by Gasteiger charge is -2.33. The van der Waals surface area contributed by atoms with E-state index >= 15 is 0 Å². The molecule has 0 aliphatic carbocycles. The fraction of sp³-hybridized carbons (Fsp3) is 0.579. The number of ether oxygens (including phenoxy) is 2. The van der Waals surface area contributed by atoms with E-state index in [2.05, 4.69) is 5.32 Å². The van der Waals surface area contributed by atoms with Crippen molar-refractivity contribution in [2.24, 2.45) is 5.73 Å². The second kappa shape index (κ2) is 7.62. The quantitative estimate of drug-likeness (QED) is 0.734. The van der Waals surface area contributed by atoms with Crippen LogP contribution in [-0.4, -0.2) is 29.8 Å². The zero-order valence-electron chi connectivity index (χ0n) is 16.3.